The van der Waals surface area contributed by atoms with Gasteiger partial charge in [-0.3, -0.25) is 4.57 Å². The van der Waals surface area contributed by atoms with Gasteiger partial charge in [0.15, 0.2) is 5.03 Å². The van der Waals surface area contributed by atoms with Gasteiger partial charge >= 0.3 is 11.8 Å². The monoisotopic (exact) mass is 307 g/mol. The number of nitro groups is 1. The Morgan fingerprint density at radius 1 is 1.43 bits per heavy atom. The number of hydrogen-bond donors (Lipinski definition) is 1. The van der Waals surface area contributed by atoms with E-state index in [4.69, 9.17) is 5.11 Å². The van der Waals surface area contributed by atoms with Crippen LogP contribution in [0.25, 0.3) is 0 Å². The fraction of sp³-hybridized carbons (Fsp3) is 0.231. The molecule has 7 nitrogen and oxygen atoms in total. The minimum Gasteiger partial charge on any atom is -0.478 e. The molecular formula is C13H13N3O4S. The van der Waals surface area contributed by atoms with Crippen molar-refractivity contribution < 1.29 is 14.8 Å². The molecule has 0 radical (unpaired) electrons. The molecule has 0 aliphatic heterocycles. The molecule has 0 amide bonds. The maximum absolute atomic E-state index is 11.1. The maximum atomic E-state index is 11.1. The topological polar surface area (TPSA) is 98.3 Å². The quantitative estimate of drug-likeness (QED) is 0.689. The first-order valence-corrected chi connectivity index (χ1v) is 6.82. The Balaban J connectivity index is 2.46. The second kappa shape index (κ2) is 5.57. The van der Waals surface area contributed by atoms with Crippen LogP contribution in [0.4, 0.5) is 5.82 Å². The van der Waals surface area contributed by atoms with Gasteiger partial charge in [-0.1, -0.05) is 17.8 Å². The third-order valence-electron chi connectivity index (χ3n) is 3.08. The second-order valence-electron chi connectivity index (χ2n) is 4.49. The largest absolute Gasteiger partial charge is 0.478 e. The fourth-order valence-electron chi connectivity index (χ4n) is 1.81. The Labute approximate surface area is 124 Å². The summed E-state index contributed by atoms with van der Waals surface area (Å²) in [6, 6.07) is 4.92. The van der Waals surface area contributed by atoms with Gasteiger partial charge < -0.3 is 15.2 Å². The Hall–Kier alpha value is -2.35. The fourth-order valence-corrected chi connectivity index (χ4v) is 2.83. The minimum absolute atomic E-state index is 0.182. The molecule has 8 heteroatoms. The summed E-state index contributed by atoms with van der Waals surface area (Å²) < 4.78 is 1.61. The molecule has 0 aliphatic carbocycles. The van der Waals surface area contributed by atoms with Gasteiger partial charge in [-0.05, 0) is 34.5 Å². The van der Waals surface area contributed by atoms with E-state index in [9.17, 15) is 14.9 Å². The molecule has 0 bridgehead atoms. The highest BCUT2D eigenvalue weighted by Crippen LogP contribution is 2.35. The zero-order valence-electron chi connectivity index (χ0n) is 11.7. The number of carboxylic acid groups (broad SMARTS) is 1. The summed E-state index contributed by atoms with van der Waals surface area (Å²) >= 11 is 1.13. The van der Waals surface area contributed by atoms with Gasteiger partial charge in [0.1, 0.15) is 0 Å². The molecule has 2 aromatic rings. The number of hydrogen-bond acceptors (Lipinski definition) is 5. The smallest absolute Gasteiger partial charge is 0.396 e. The number of aromatic nitrogens is 2. The highest BCUT2D eigenvalue weighted by atomic mass is 32.2. The second-order valence-corrected chi connectivity index (χ2v) is 5.55. The van der Waals surface area contributed by atoms with Crippen LogP contribution in [0.3, 0.4) is 0 Å². The van der Waals surface area contributed by atoms with E-state index in [0.29, 0.717) is 21.3 Å². The first kappa shape index (κ1) is 15.0. The predicted molar refractivity (Wildman–Crippen MR) is 76.9 cm³/mol. The third kappa shape index (κ3) is 2.89. The lowest BCUT2D eigenvalue weighted by molar-refractivity contribution is -0.392. The standard InChI is InChI=1S/C13H13N3O4S/c1-7-4-5-9(6-10(7)13(17)18)21-12-11(16(19)20)14-8(2)15(12)3/h4-6H,1-3H3,(H,17,18). The Bertz CT molecular complexity index is 739. The molecule has 0 spiro atoms. The molecule has 0 unspecified atom stereocenters. The minimum atomic E-state index is -1.02. The van der Waals surface area contributed by atoms with Crippen LogP contribution in [-0.4, -0.2) is 25.6 Å². The number of nitrogens with zero attached hydrogens (tertiary/aromatic N) is 3. The van der Waals surface area contributed by atoms with Gasteiger partial charge in [-0.2, -0.15) is 0 Å². The van der Waals surface area contributed by atoms with Crippen molar-refractivity contribution in [2.45, 2.75) is 23.8 Å². The average molecular weight is 307 g/mol. The van der Waals surface area contributed by atoms with E-state index in [1.54, 1.807) is 37.6 Å². The van der Waals surface area contributed by atoms with E-state index < -0.39 is 10.9 Å². The highest BCUT2D eigenvalue weighted by Gasteiger charge is 2.24. The average Bonchev–Trinajstić information content (AvgIpc) is 2.69. The molecule has 0 saturated carbocycles. The molecule has 1 aromatic carbocycles. The van der Waals surface area contributed by atoms with Gasteiger partial charge in [-0.25, -0.2) is 4.79 Å². The first-order chi connectivity index (χ1) is 9.81. The van der Waals surface area contributed by atoms with Crippen LogP contribution >= 0.6 is 11.8 Å². The number of aromatic carboxylic acids is 1. The molecule has 0 saturated heterocycles. The van der Waals surface area contributed by atoms with E-state index in [2.05, 4.69) is 4.98 Å². The van der Waals surface area contributed by atoms with Crippen molar-refractivity contribution >= 4 is 23.5 Å². The maximum Gasteiger partial charge on any atom is 0.396 e. The van der Waals surface area contributed by atoms with Crippen molar-refractivity contribution in [3.8, 4) is 0 Å². The van der Waals surface area contributed by atoms with Gasteiger partial charge in [0.05, 0.1) is 5.56 Å². The van der Waals surface area contributed by atoms with Crippen LogP contribution in [0, 0.1) is 24.0 Å². The lowest BCUT2D eigenvalue weighted by Gasteiger charge is -2.06. The van der Waals surface area contributed by atoms with E-state index in [-0.39, 0.29) is 11.4 Å². The number of rotatable bonds is 4. The Morgan fingerprint density at radius 2 is 2.10 bits per heavy atom. The number of carboxylic acids is 1. The van der Waals surface area contributed by atoms with Gasteiger partial charge in [0.25, 0.3) is 0 Å². The molecular weight excluding hydrogens is 294 g/mol. The summed E-state index contributed by atoms with van der Waals surface area (Å²) in [6.45, 7) is 3.38. The van der Waals surface area contributed by atoms with Crippen molar-refractivity contribution in [1.29, 1.82) is 0 Å². The van der Waals surface area contributed by atoms with Gasteiger partial charge in [0.2, 0.25) is 5.82 Å². The summed E-state index contributed by atoms with van der Waals surface area (Å²) in [5, 5.41) is 20.5. The number of carbonyl (C=O) groups is 1. The molecule has 110 valence electrons. The van der Waals surface area contributed by atoms with Crippen molar-refractivity contribution in [3.05, 3.63) is 45.3 Å². The van der Waals surface area contributed by atoms with Crippen LogP contribution in [0.2, 0.25) is 0 Å². The number of imidazole rings is 1. The van der Waals surface area contributed by atoms with E-state index in [0.717, 1.165) is 11.8 Å². The molecule has 21 heavy (non-hydrogen) atoms. The predicted octanol–water partition coefficient (Wildman–Crippen LogP) is 2.79. The van der Waals surface area contributed by atoms with Crippen LogP contribution in [-0.2, 0) is 7.05 Å². The molecule has 1 aromatic heterocycles. The summed E-state index contributed by atoms with van der Waals surface area (Å²) in [5.74, 6) is -0.724. The van der Waals surface area contributed by atoms with Crippen molar-refractivity contribution in [2.75, 3.05) is 0 Å². The highest BCUT2D eigenvalue weighted by molar-refractivity contribution is 7.99. The van der Waals surface area contributed by atoms with E-state index in [1.807, 2.05) is 0 Å². The lowest BCUT2D eigenvalue weighted by atomic mass is 10.1. The Morgan fingerprint density at radius 3 is 2.67 bits per heavy atom. The van der Waals surface area contributed by atoms with Crippen molar-refractivity contribution in [1.82, 2.24) is 9.55 Å². The van der Waals surface area contributed by atoms with Crippen LogP contribution in [0.1, 0.15) is 21.7 Å². The molecule has 0 atom stereocenters. The van der Waals surface area contributed by atoms with Crippen LogP contribution < -0.4 is 0 Å². The SMILES string of the molecule is Cc1ccc(Sc2c([N+](=O)[O-])nc(C)n2C)cc1C(=O)O. The number of benzene rings is 1. The Kier molecular flexibility index (Phi) is 3.99. The van der Waals surface area contributed by atoms with Crippen LogP contribution in [0.15, 0.2) is 28.1 Å². The van der Waals surface area contributed by atoms with Gasteiger partial charge in [-0.15, -0.1) is 0 Å². The normalized spacial score (nSPS) is 10.6. The molecule has 0 aliphatic rings. The number of aryl methyl sites for hydroxylation is 2. The summed E-state index contributed by atoms with van der Waals surface area (Å²) in [4.78, 5) is 26.1. The van der Waals surface area contributed by atoms with Crippen molar-refractivity contribution in [2.24, 2.45) is 7.05 Å². The zero-order chi connectivity index (χ0) is 15.7. The summed E-state index contributed by atoms with van der Waals surface area (Å²) in [6.07, 6.45) is 0. The van der Waals surface area contributed by atoms with E-state index in [1.165, 1.54) is 6.07 Å². The zero-order valence-corrected chi connectivity index (χ0v) is 12.5. The lowest BCUT2D eigenvalue weighted by Crippen LogP contribution is -2.00. The summed E-state index contributed by atoms with van der Waals surface area (Å²) in [5.41, 5.74) is 0.823. The molecule has 0 fully saturated rings. The van der Waals surface area contributed by atoms with Crippen molar-refractivity contribution in [3.63, 3.8) is 0 Å². The third-order valence-corrected chi connectivity index (χ3v) is 4.22. The summed E-state index contributed by atoms with van der Waals surface area (Å²) in [7, 11) is 1.68. The first-order valence-electron chi connectivity index (χ1n) is 6.00. The molecule has 2 rings (SSSR count). The molecule has 1 N–H and O–H groups in total. The van der Waals surface area contributed by atoms with E-state index >= 15 is 0 Å². The van der Waals surface area contributed by atoms with Crippen LogP contribution in [0.5, 0.6) is 0 Å². The van der Waals surface area contributed by atoms with Gasteiger partial charge in [0, 0.05) is 18.9 Å². The molecule has 1 heterocycles.